The highest BCUT2D eigenvalue weighted by Gasteiger charge is 2.38. The molecule has 0 radical (unpaired) electrons. The highest BCUT2D eigenvalue weighted by molar-refractivity contribution is 7.89. The fraction of sp³-hybridized carbons (Fsp3) is 0.294. The van der Waals surface area contributed by atoms with Crippen molar-refractivity contribution >= 4 is 22.4 Å². The van der Waals surface area contributed by atoms with Gasteiger partial charge in [-0.05, 0) is 29.8 Å². The van der Waals surface area contributed by atoms with E-state index in [2.05, 4.69) is 10.3 Å². The molecule has 1 unspecified atom stereocenters. The van der Waals surface area contributed by atoms with Crippen LogP contribution in [0.1, 0.15) is 22.7 Å². The Kier molecular flexibility index (Phi) is 6.67. The molecule has 1 aliphatic rings. The molecular formula is C17H16ClF3N4O2S. The molecule has 0 amide bonds. The van der Waals surface area contributed by atoms with Crippen LogP contribution in [0.3, 0.4) is 0 Å². The Morgan fingerprint density at radius 3 is 2.64 bits per heavy atom. The molecule has 1 aromatic heterocycles. The number of hydrogen-bond acceptors (Lipinski definition) is 5. The van der Waals surface area contributed by atoms with E-state index in [9.17, 15) is 21.6 Å². The van der Waals surface area contributed by atoms with Crippen molar-refractivity contribution in [1.82, 2.24) is 14.6 Å². The SMILES string of the molecule is Cl.N#Cc1ccc(S(=O)(=O)N2CCNCC2c2cccnc2)cc1C(F)(F)F. The number of nitrogens with one attached hydrogen (secondary N) is 1. The first-order chi connectivity index (χ1) is 12.7. The van der Waals surface area contributed by atoms with Crippen LogP contribution in [-0.2, 0) is 16.2 Å². The fourth-order valence-electron chi connectivity index (χ4n) is 2.98. The molecular weight excluding hydrogens is 417 g/mol. The number of piperazine rings is 1. The maximum absolute atomic E-state index is 13.2. The van der Waals surface area contributed by atoms with E-state index in [4.69, 9.17) is 5.26 Å². The van der Waals surface area contributed by atoms with Crippen LogP contribution in [0.2, 0.25) is 0 Å². The van der Waals surface area contributed by atoms with Crippen molar-refractivity contribution in [2.45, 2.75) is 17.1 Å². The second-order valence-electron chi connectivity index (χ2n) is 5.94. The van der Waals surface area contributed by atoms with Crippen LogP contribution in [0.5, 0.6) is 0 Å². The summed E-state index contributed by atoms with van der Waals surface area (Å²) in [5.41, 5.74) is -1.25. The summed E-state index contributed by atoms with van der Waals surface area (Å²) in [4.78, 5) is 3.49. The summed E-state index contributed by atoms with van der Waals surface area (Å²) in [6, 6.07) is 6.68. The molecule has 150 valence electrons. The predicted octanol–water partition coefficient (Wildman–Crippen LogP) is 2.73. The minimum absolute atomic E-state index is 0. The van der Waals surface area contributed by atoms with Gasteiger partial charge in [0, 0.05) is 32.0 Å². The number of nitriles is 1. The summed E-state index contributed by atoms with van der Waals surface area (Å²) in [7, 11) is -4.21. The van der Waals surface area contributed by atoms with Gasteiger partial charge in [-0.15, -0.1) is 12.4 Å². The molecule has 6 nitrogen and oxygen atoms in total. The number of rotatable bonds is 3. The van der Waals surface area contributed by atoms with Gasteiger partial charge in [0.1, 0.15) is 0 Å². The normalized spacial score (nSPS) is 18.1. The molecule has 1 saturated heterocycles. The van der Waals surface area contributed by atoms with Crippen molar-refractivity contribution in [3.05, 3.63) is 59.4 Å². The number of aromatic nitrogens is 1. The molecule has 0 saturated carbocycles. The van der Waals surface area contributed by atoms with Crippen molar-refractivity contribution in [3.63, 3.8) is 0 Å². The number of halogens is 4. The maximum Gasteiger partial charge on any atom is 0.417 e. The second-order valence-corrected chi connectivity index (χ2v) is 7.83. The molecule has 1 N–H and O–H groups in total. The van der Waals surface area contributed by atoms with Gasteiger partial charge in [-0.1, -0.05) is 6.07 Å². The maximum atomic E-state index is 13.2. The number of benzene rings is 1. The Bertz CT molecular complexity index is 978. The van der Waals surface area contributed by atoms with E-state index in [1.165, 1.54) is 16.6 Å². The van der Waals surface area contributed by atoms with E-state index in [0.29, 0.717) is 24.7 Å². The molecule has 1 atom stereocenters. The first-order valence-corrected chi connectivity index (χ1v) is 9.43. The van der Waals surface area contributed by atoms with Crippen LogP contribution in [0, 0.1) is 11.3 Å². The van der Waals surface area contributed by atoms with Crippen LogP contribution in [-0.4, -0.2) is 37.3 Å². The molecule has 0 aliphatic carbocycles. The number of alkyl halides is 3. The van der Waals surface area contributed by atoms with Crippen LogP contribution in [0.4, 0.5) is 13.2 Å². The Hall–Kier alpha value is -2.19. The number of hydrogen-bond donors (Lipinski definition) is 1. The van der Waals surface area contributed by atoms with Gasteiger partial charge < -0.3 is 5.32 Å². The third-order valence-electron chi connectivity index (χ3n) is 4.29. The van der Waals surface area contributed by atoms with Crippen molar-refractivity contribution in [2.24, 2.45) is 0 Å². The van der Waals surface area contributed by atoms with Crippen LogP contribution >= 0.6 is 12.4 Å². The third kappa shape index (κ3) is 4.28. The van der Waals surface area contributed by atoms with E-state index in [1.54, 1.807) is 18.3 Å². The summed E-state index contributed by atoms with van der Waals surface area (Å²) < 4.78 is 67.0. The van der Waals surface area contributed by atoms with Gasteiger partial charge in [0.2, 0.25) is 10.0 Å². The van der Waals surface area contributed by atoms with Crippen molar-refractivity contribution < 1.29 is 21.6 Å². The first kappa shape index (κ1) is 22.1. The lowest BCUT2D eigenvalue weighted by atomic mass is 10.1. The first-order valence-electron chi connectivity index (χ1n) is 7.99. The molecule has 1 fully saturated rings. The van der Waals surface area contributed by atoms with Crippen LogP contribution in [0.25, 0.3) is 0 Å². The monoisotopic (exact) mass is 432 g/mol. The smallest absolute Gasteiger partial charge is 0.313 e. The van der Waals surface area contributed by atoms with Gasteiger partial charge in [-0.25, -0.2) is 8.42 Å². The van der Waals surface area contributed by atoms with Gasteiger partial charge in [-0.3, -0.25) is 4.98 Å². The zero-order valence-electron chi connectivity index (χ0n) is 14.3. The Morgan fingerprint density at radius 2 is 2.04 bits per heavy atom. The van der Waals surface area contributed by atoms with Gasteiger partial charge in [0.05, 0.1) is 28.1 Å². The van der Waals surface area contributed by atoms with Gasteiger partial charge >= 0.3 is 6.18 Å². The molecule has 1 aromatic carbocycles. The summed E-state index contributed by atoms with van der Waals surface area (Å²) in [5, 5.41) is 12.0. The summed E-state index contributed by atoms with van der Waals surface area (Å²) in [6.45, 7) is 0.787. The molecule has 0 bridgehead atoms. The summed E-state index contributed by atoms with van der Waals surface area (Å²) >= 11 is 0. The summed E-state index contributed by atoms with van der Waals surface area (Å²) in [5.74, 6) is 0. The molecule has 3 rings (SSSR count). The quantitative estimate of drug-likeness (QED) is 0.806. The lowest BCUT2D eigenvalue weighted by Crippen LogP contribution is -2.48. The minimum Gasteiger partial charge on any atom is -0.313 e. The van der Waals surface area contributed by atoms with Crippen molar-refractivity contribution in [2.75, 3.05) is 19.6 Å². The van der Waals surface area contributed by atoms with E-state index >= 15 is 0 Å². The third-order valence-corrected chi connectivity index (χ3v) is 6.19. The largest absolute Gasteiger partial charge is 0.417 e. The number of nitrogens with zero attached hydrogens (tertiary/aromatic N) is 3. The fourth-order valence-corrected chi connectivity index (χ4v) is 4.62. The van der Waals surface area contributed by atoms with E-state index in [-0.39, 0.29) is 19.0 Å². The van der Waals surface area contributed by atoms with Crippen molar-refractivity contribution in [3.8, 4) is 6.07 Å². The second kappa shape index (κ2) is 8.45. The molecule has 28 heavy (non-hydrogen) atoms. The lowest BCUT2D eigenvalue weighted by molar-refractivity contribution is -0.137. The van der Waals surface area contributed by atoms with Gasteiger partial charge in [-0.2, -0.15) is 22.7 Å². The van der Waals surface area contributed by atoms with E-state index in [1.807, 2.05) is 0 Å². The highest BCUT2D eigenvalue weighted by Crippen LogP contribution is 2.35. The number of pyridine rings is 1. The Balaban J connectivity index is 0.00000280. The summed E-state index contributed by atoms with van der Waals surface area (Å²) in [6.07, 6.45) is -1.75. The molecule has 2 aromatic rings. The zero-order valence-corrected chi connectivity index (χ0v) is 16.0. The molecule has 11 heteroatoms. The topological polar surface area (TPSA) is 86.1 Å². The highest BCUT2D eigenvalue weighted by atomic mass is 35.5. The van der Waals surface area contributed by atoms with Crippen molar-refractivity contribution in [1.29, 1.82) is 5.26 Å². The molecule has 1 aliphatic heterocycles. The predicted molar refractivity (Wildman–Crippen MR) is 97.1 cm³/mol. The van der Waals surface area contributed by atoms with Crippen LogP contribution in [0.15, 0.2) is 47.6 Å². The molecule has 0 spiro atoms. The van der Waals surface area contributed by atoms with Gasteiger partial charge in [0.15, 0.2) is 0 Å². The Morgan fingerprint density at radius 1 is 1.29 bits per heavy atom. The minimum atomic E-state index is -4.83. The molecule has 2 heterocycles. The zero-order chi connectivity index (χ0) is 19.7. The Labute approximate surface area is 166 Å². The average molecular weight is 433 g/mol. The van der Waals surface area contributed by atoms with Gasteiger partial charge in [0.25, 0.3) is 0 Å². The lowest BCUT2D eigenvalue weighted by Gasteiger charge is -2.35. The standard InChI is InChI=1S/C17H15F3N4O2S.ClH/c18-17(19,20)15-8-14(4-3-12(15)9-21)27(25,26)24-7-6-23-11-16(24)13-2-1-5-22-10-13;/h1-5,8,10,16,23H,6-7,11H2;1H. The van der Waals surface area contributed by atoms with E-state index < -0.39 is 38.3 Å². The number of sulfonamides is 1. The van der Waals surface area contributed by atoms with Crippen LogP contribution < -0.4 is 5.32 Å². The van der Waals surface area contributed by atoms with E-state index in [0.717, 1.165) is 12.1 Å². The average Bonchev–Trinajstić information content (AvgIpc) is 2.67.